The summed E-state index contributed by atoms with van der Waals surface area (Å²) in [6, 6.07) is 43.0. The zero-order chi connectivity index (χ0) is 98.4. The summed E-state index contributed by atoms with van der Waals surface area (Å²) in [4.78, 5) is 144. The summed E-state index contributed by atoms with van der Waals surface area (Å²) in [5, 5.41) is 23.9. The molecule has 7 amide bonds. The average molecular weight is 1900 g/mol. The van der Waals surface area contributed by atoms with Crippen molar-refractivity contribution in [2.45, 2.75) is 168 Å². The van der Waals surface area contributed by atoms with Gasteiger partial charge in [0.2, 0.25) is 11.8 Å². The van der Waals surface area contributed by atoms with Crippen molar-refractivity contribution in [1.29, 1.82) is 0 Å². The fraction of sp³-hybridized carbons (Fsp3) is 0.429. The van der Waals surface area contributed by atoms with Gasteiger partial charge < -0.3 is 98.3 Å². The van der Waals surface area contributed by atoms with Crippen molar-refractivity contribution < 1.29 is 86.1 Å². The SMILES string of the molecule is CC[C@H](C)[C@H](NC(=O)OC)C(=O)N1C[C@@H](C)CC1c1ncc(-c2ccc3c(c2)COc2cc4c(ccc5[nH]c([C@@H]6CC(COC)CN6C(=O)OC(C)(C)C)nc54)cc2-3)[nH]1.CC[C@H](C)[C@H](NCOC)C(=O)N1C[C@@H](C)CC1c1ncc(-c2ccc3c(c2)COc2cc4c(ccc5[nH]c([C@@H]6CC(COC)CN6C(=O)C(NC(=O)OC)c6ccccc6)nc54)cc2-3)[nH]1.COC(=O)N[C@@H](C(=O)O)c1ccccc1. The molecule has 4 saturated heterocycles. The van der Waals surface area contributed by atoms with Crippen molar-refractivity contribution in [2.24, 2.45) is 35.5 Å². The van der Waals surface area contributed by atoms with Crippen LogP contribution >= 0.6 is 0 Å². The first kappa shape index (κ1) is 98.1. The molecule has 4 aromatic heterocycles. The van der Waals surface area contributed by atoms with Gasteiger partial charge in [0, 0.05) is 81.2 Å². The summed E-state index contributed by atoms with van der Waals surface area (Å²) in [6.07, 6.45) is 5.82. The van der Waals surface area contributed by atoms with E-state index in [1.54, 1.807) is 61.5 Å². The maximum atomic E-state index is 14.4. The molecule has 4 fully saturated rings. The van der Waals surface area contributed by atoms with Gasteiger partial charge in [-0.05, 0) is 174 Å². The fourth-order valence-electron chi connectivity index (χ4n) is 20.1. The number of carbonyl (C=O) groups excluding carboxylic acids is 7. The number of nitrogens with one attached hydrogen (secondary N) is 8. The third-order valence-electron chi connectivity index (χ3n) is 27.4. The minimum absolute atomic E-state index is 0.0681. The summed E-state index contributed by atoms with van der Waals surface area (Å²) in [5.41, 5.74) is 13.9. The Kier molecular flexibility index (Phi) is 30.0. The minimum atomic E-state index is -1.13. The van der Waals surface area contributed by atoms with Crippen LogP contribution in [0.25, 0.3) is 88.4 Å². The van der Waals surface area contributed by atoms with Gasteiger partial charge >= 0.3 is 30.3 Å². The minimum Gasteiger partial charge on any atom is -0.488 e. The number of ether oxygens (including phenoxy) is 9. The first-order valence-electron chi connectivity index (χ1n) is 47.5. The maximum Gasteiger partial charge on any atom is 0.410 e. The summed E-state index contributed by atoms with van der Waals surface area (Å²) in [7, 11) is 8.75. The molecule has 0 aliphatic carbocycles. The molecule has 6 aliphatic heterocycles. The van der Waals surface area contributed by atoms with Crippen LogP contribution in [0.2, 0.25) is 0 Å². The topological polar surface area (TPSA) is 416 Å². The predicted octanol–water partition coefficient (Wildman–Crippen LogP) is 17.3. The number of hydrogen-bond donors (Lipinski definition) is 9. The van der Waals surface area contributed by atoms with Gasteiger partial charge in [-0.3, -0.25) is 24.6 Å². The number of carboxylic acids is 1. The molecular weight excluding hydrogens is 1770 g/mol. The monoisotopic (exact) mass is 1900 g/mol. The van der Waals surface area contributed by atoms with Crippen molar-refractivity contribution in [3.63, 3.8) is 0 Å². The van der Waals surface area contributed by atoms with E-state index in [1.165, 1.54) is 21.3 Å². The third kappa shape index (κ3) is 21.2. The lowest BCUT2D eigenvalue weighted by atomic mass is 9.92. The first-order chi connectivity index (χ1) is 67.0. The van der Waals surface area contributed by atoms with E-state index >= 15 is 0 Å². The van der Waals surface area contributed by atoms with Gasteiger partial charge in [-0.2, -0.15) is 0 Å². The highest BCUT2D eigenvalue weighted by Gasteiger charge is 2.46. The smallest absolute Gasteiger partial charge is 0.410 e. The molecule has 14 atom stereocenters. The van der Waals surface area contributed by atoms with Crippen LogP contribution in [0.5, 0.6) is 11.5 Å². The Morgan fingerprint density at radius 3 is 1.36 bits per heavy atom. The number of benzene rings is 8. The van der Waals surface area contributed by atoms with Gasteiger partial charge in [0.15, 0.2) is 6.04 Å². The van der Waals surface area contributed by atoms with Crippen molar-refractivity contribution in [1.82, 2.24) is 80.7 Å². The number of fused-ring (bicyclic) bond motifs is 12. The molecule has 34 heteroatoms. The Balaban J connectivity index is 0.000000175. The van der Waals surface area contributed by atoms with Gasteiger partial charge in [0.25, 0.3) is 5.91 Å². The summed E-state index contributed by atoms with van der Waals surface area (Å²) < 4.78 is 49.1. The molecule has 0 saturated carbocycles. The number of alkyl carbamates (subject to hydrolysis) is 3. The van der Waals surface area contributed by atoms with Crippen molar-refractivity contribution in [3.8, 4) is 56.3 Å². The Morgan fingerprint density at radius 2 is 0.906 bits per heavy atom. The highest BCUT2D eigenvalue weighted by atomic mass is 16.6. The normalized spacial score (nSPS) is 19.9. The zero-order valence-electron chi connectivity index (χ0n) is 81.2. The Bertz CT molecular complexity index is 6490. The van der Waals surface area contributed by atoms with Crippen LogP contribution in [-0.2, 0) is 65.5 Å². The molecule has 10 heterocycles. The first-order valence-corrected chi connectivity index (χ1v) is 47.5. The van der Waals surface area contributed by atoms with Gasteiger partial charge in [0.1, 0.15) is 65.7 Å². The van der Waals surface area contributed by atoms with E-state index in [0.717, 1.165) is 161 Å². The summed E-state index contributed by atoms with van der Waals surface area (Å²) in [5.74, 6) is 3.97. The van der Waals surface area contributed by atoms with E-state index in [4.69, 9.17) is 62.9 Å². The summed E-state index contributed by atoms with van der Waals surface area (Å²) in [6.45, 7) is 22.5. The number of methoxy groups -OCH3 is 6. The molecule has 9 N–H and O–H groups in total. The number of hydrogen-bond acceptors (Lipinski definition) is 22. The van der Waals surface area contributed by atoms with Crippen molar-refractivity contribution in [2.75, 3.05) is 88.8 Å². The number of aliphatic carboxylic acids is 1. The number of aromatic nitrogens is 8. The second kappa shape index (κ2) is 42.6. The largest absolute Gasteiger partial charge is 0.488 e. The number of aromatic amines is 4. The number of amides is 7. The number of H-pyrrole nitrogens is 4. The van der Waals surface area contributed by atoms with Crippen LogP contribution in [-0.4, -0.2) is 219 Å². The number of carbonyl (C=O) groups is 8. The Labute approximate surface area is 806 Å². The van der Waals surface area contributed by atoms with Crippen molar-refractivity contribution in [3.05, 3.63) is 204 Å². The molecule has 12 aromatic rings. The standard InChI is InChI=1S/C50H58N8O7.C45H55N7O7.C10H11NO4/c1-7-29(3)43(52-27-63-5)48(59)57-23-28(2)17-40(57)46-51-22-39(54-46)33-13-15-35-34(19-33)26-65-42-21-36-32(20-37(35)42)14-16-38-45(36)55-47(53-38)41-18-30(25-62-4)24-58(41)49(60)44(56-50(61)64-6)31-11-9-8-10-12-31;1-9-25(3)38(50-43(54)57-8)42(53)51-20-24(2)14-35(51)40-46-19-34(48-40)28-10-12-30-29(16-28)23-58-37-18-31-27(17-32(30)37)11-13-33-39(31)49-41(47-33)36-15-26(22-56-7)21-52(36)44(55)59-45(4,5)6;1-15-10(14)11-8(9(12)13)7-5-3-2-4-6-7/h8-16,19-22,28-30,40-41,43-44,52H,7,17-18,23-27H2,1-6H3,(H,51,54)(H,53,55)(H,56,61);10-13,16-19,24-26,35-36,38H,9,14-15,20-23H2,1-8H3,(H,46,48)(H,47,49)(H,50,54);2-6,8H,1H3,(H,11,14)(H,12,13)/t28-,29-,30?,40?,41-,43-,44?;24-,25-,26?,35?,36-,38-;8-/m001/s1. The Hall–Kier alpha value is -14.0. The lowest BCUT2D eigenvalue weighted by molar-refractivity contribution is -0.139. The fourth-order valence-corrected chi connectivity index (χ4v) is 20.1. The molecule has 5 unspecified atom stereocenters. The molecule has 139 heavy (non-hydrogen) atoms. The molecule has 18 rings (SSSR count). The van der Waals surface area contributed by atoms with E-state index in [-0.39, 0.29) is 83.6 Å². The quantitative estimate of drug-likeness (QED) is 0.0180. The van der Waals surface area contributed by atoms with E-state index in [0.29, 0.717) is 88.6 Å². The van der Waals surface area contributed by atoms with Gasteiger partial charge in [0.05, 0.1) is 117 Å². The number of nitrogens with zero attached hydrogens (tertiary/aromatic N) is 8. The van der Waals surface area contributed by atoms with Gasteiger partial charge in [-0.1, -0.05) is 151 Å². The molecular formula is C105H124N16O18. The lowest BCUT2D eigenvalue weighted by Gasteiger charge is -2.31. The molecule has 0 bridgehead atoms. The van der Waals surface area contributed by atoms with Crippen LogP contribution in [0.15, 0.2) is 158 Å². The highest BCUT2D eigenvalue weighted by Crippen LogP contribution is 2.48. The van der Waals surface area contributed by atoms with Crippen molar-refractivity contribution >= 4 is 91.7 Å². The van der Waals surface area contributed by atoms with E-state index in [9.17, 15) is 38.4 Å². The third-order valence-corrected chi connectivity index (χ3v) is 27.4. The highest BCUT2D eigenvalue weighted by molar-refractivity contribution is 6.08. The van der Waals surface area contributed by atoms with E-state index < -0.39 is 48.0 Å². The summed E-state index contributed by atoms with van der Waals surface area (Å²) >= 11 is 0. The van der Waals surface area contributed by atoms with Crippen LogP contribution < -0.4 is 30.7 Å². The lowest BCUT2D eigenvalue weighted by Crippen LogP contribution is -2.51. The molecule has 6 aliphatic rings. The maximum absolute atomic E-state index is 14.4. The number of imidazole rings is 4. The zero-order valence-corrected chi connectivity index (χ0v) is 81.2. The second-order valence-corrected chi connectivity index (χ2v) is 38.3. The van der Waals surface area contributed by atoms with Crippen LogP contribution in [0, 0.1) is 35.5 Å². The molecule has 732 valence electrons. The van der Waals surface area contributed by atoms with E-state index in [1.807, 2.05) is 99.3 Å². The number of rotatable bonds is 26. The molecule has 34 nitrogen and oxygen atoms in total. The van der Waals surface area contributed by atoms with Crippen LogP contribution in [0.4, 0.5) is 19.2 Å². The van der Waals surface area contributed by atoms with E-state index in [2.05, 4.69) is 146 Å². The number of carboxylic acid groups (broad SMARTS) is 1. The molecule has 0 spiro atoms. The molecule has 8 aromatic carbocycles. The average Bonchev–Trinajstić information content (AvgIpc) is 1.72. The van der Waals surface area contributed by atoms with Gasteiger partial charge in [-0.15, -0.1) is 0 Å². The molecule has 0 radical (unpaired) electrons. The number of likely N-dealkylation sites (tertiary alicyclic amines) is 4. The second-order valence-electron chi connectivity index (χ2n) is 38.3. The predicted molar refractivity (Wildman–Crippen MR) is 523 cm³/mol. The Morgan fingerprint density at radius 1 is 0.475 bits per heavy atom. The van der Waals surface area contributed by atoms with Crippen LogP contribution in [0.1, 0.15) is 183 Å². The van der Waals surface area contributed by atoms with Gasteiger partial charge in [-0.25, -0.2) is 43.9 Å². The van der Waals surface area contributed by atoms with Crippen LogP contribution in [0.3, 0.4) is 0 Å².